The Kier molecular flexibility index (Phi) is 5.43. The maximum atomic E-state index is 11.5. The lowest BCUT2D eigenvalue weighted by Gasteiger charge is -2.07. The van der Waals surface area contributed by atoms with Gasteiger partial charge in [-0.15, -0.1) is 0 Å². The average molecular weight is 291 g/mol. The van der Waals surface area contributed by atoms with E-state index in [9.17, 15) is 13.2 Å². The van der Waals surface area contributed by atoms with Crippen LogP contribution < -0.4 is 10.6 Å². The molecule has 5 nitrogen and oxygen atoms in total. The van der Waals surface area contributed by atoms with Gasteiger partial charge in [0.05, 0.1) is 5.75 Å². The lowest BCUT2D eigenvalue weighted by Crippen LogP contribution is -2.30. The molecule has 0 unspecified atom stereocenters. The van der Waals surface area contributed by atoms with Gasteiger partial charge in [-0.25, -0.2) is 8.42 Å². The highest BCUT2D eigenvalue weighted by Gasteiger charge is 2.14. The molecule has 0 spiro atoms. The SMILES string of the molecule is CNC(=O)CS(=O)(=O)CCNc1cccc(Cl)c1. The van der Waals surface area contributed by atoms with Crippen molar-refractivity contribution < 1.29 is 13.2 Å². The molecule has 0 fully saturated rings. The van der Waals surface area contributed by atoms with E-state index in [1.807, 2.05) is 0 Å². The van der Waals surface area contributed by atoms with E-state index in [4.69, 9.17) is 11.6 Å². The summed E-state index contributed by atoms with van der Waals surface area (Å²) in [5, 5.41) is 5.80. The molecule has 0 heterocycles. The van der Waals surface area contributed by atoms with Crippen molar-refractivity contribution in [3.8, 4) is 0 Å². The number of hydrogen-bond donors (Lipinski definition) is 2. The molecule has 7 heteroatoms. The summed E-state index contributed by atoms with van der Waals surface area (Å²) in [5.41, 5.74) is 0.748. The van der Waals surface area contributed by atoms with Crippen LogP contribution in [0, 0.1) is 0 Å². The van der Waals surface area contributed by atoms with Crippen molar-refractivity contribution in [2.24, 2.45) is 0 Å². The van der Waals surface area contributed by atoms with E-state index in [0.29, 0.717) is 5.02 Å². The van der Waals surface area contributed by atoms with E-state index in [2.05, 4.69) is 10.6 Å². The van der Waals surface area contributed by atoms with Crippen molar-refractivity contribution in [3.63, 3.8) is 0 Å². The summed E-state index contributed by atoms with van der Waals surface area (Å²) >= 11 is 5.79. The van der Waals surface area contributed by atoms with Crippen molar-refractivity contribution in [2.45, 2.75) is 0 Å². The third-order valence-electron chi connectivity index (χ3n) is 2.20. The van der Waals surface area contributed by atoms with Crippen LogP contribution in [-0.2, 0) is 14.6 Å². The first-order valence-electron chi connectivity index (χ1n) is 5.33. The Hall–Kier alpha value is -1.27. The van der Waals surface area contributed by atoms with Crippen molar-refractivity contribution >= 4 is 33.0 Å². The molecule has 0 radical (unpaired) electrons. The molecule has 0 bridgehead atoms. The highest BCUT2D eigenvalue weighted by Crippen LogP contribution is 2.14. The van der Waals surface area contributed by atoms with Crippen LogP contribution in [0.5, 0.6) is 0 Å². The van der Waals surface area contributed by atoms with Crippen LogP contribution in [0.2, 0.25) is 5.02 Å². The first kappa shape index (κ1) is 14.8. The fourth-order valence-electron chi connectivity index (χ4n) is 1.29. The lowest BCUT2D eigenvalue weighted by atomic mass is 10.3. The van der Waals surface area contributed by atoms with E-state index in [0.717, 1.165) is 5.69 Å². The van der Waals surface area contributed by atoms with Crippen molar-refractivity contribution in [1.29, 1.82) is 0 Å². The maximum absolute atomic E-state index is 11.5. The lowest BCUT2D eigenvalue weighted by molar-refractivity contribution is -0.118. The average Bonchev–Trinajstić information content (AvgIpc) is 2.28. The second-order valence-corrected chi connectivity index (χ2v) is 6.32. The molecule has 100 valence electrons. The quantitative estimate of drug-likeness (QED) is 0.817. The largest absolute Gasteiger partial charge is 0.384 e. The molecule has 0 aliphatic heterocycles. The topological polar surface area (TPSA) is 75.3 Å². The number of nitrogens with one attached hydrogen (secondary N) is 2. The minimum absolute atomic E-state index is 0.104. The second kappa shape index (κ2) is 6.61. The second-order valence-electron chi connectivity index (χ2n) is 3.70. The summed E-state index contributed by atoms with van der Waals surface area (Å²) < 4.78 is 23.1. The van der Waals surface area contributed by atoms with E-state index >= 15 is 0 Å². The molecule has 18 heavy (non-hydrogen) atoms. The molecule has 0 saturated heterocycles. The fourth-order valence-corrected chi connectivity index (χ4v) is 2.58. The third kappa shape index (κ3) is 5.37. The number of anilines is 1. The van der Waals surface area contributed by atoms with Gasteiger partial charge in [0.2, 0.25) is 5.91 Å². The smallest absolute Gasteiger partial charge is 0.234 e. The van der Waals surface area contributed by atoms with E-state index < -0.39 is 21.5 Å². The van der Waals surface area contributed by atoms with E-state index in [-0.39, 0.29) is 12.3 Å². The minimum atomic E-state index is -3.38. The van der Waals surface area contributed by atoms with Crippen LogP contribution in [0.15, 0.2) is 24.3 Å². The normalized spacial score (nSPS) is 11.0. The van der Waals surface area contributed by atoms with Crippen LogP contribution >= 0.6 is 11.6 Å². The highest BCUT2D eigenvalue weighted by molar-refractivity contribution is 7.92. The molecule has 0 saturated carbocycles. The van der Waals surface area contributed by atoms with Gasteiger partial charge >= 0.3 is 0 Å². The van der Waals surface area contributed by atoms with Crippen molar-refractivity contribution in [2.75, 3.05) is 30.4 Å². The van der Waals surface area contributed by atoms with Crippen LogP contribution in [0.1, 0.15) is 0 Å². The van der Waals surface area contributed by atoms with Gasteiger partial charge in [0, 0.05) is 24.3 Å². The predicted molar refractivity (Wildman–Crippen MR) is 72.7 cm³/mol. The summed E-state index contributed by atoms with van der Waals surface area (Å²) in [6, 6.07) is 6.99. The van der Waals surface area contributed by atoms with Gasteiger partial charge in [-0.1, -0.05) is 17.7 Å². The van der Waals surface area contributed by atoms with Gasteiger partial charge in [0.1, 0.15) is 5.75 Å². The van der Waals surface area contributed by atoms with E-state index in [1.165, 1.54) is 7.05 Å². The molecule has 1 aromatic rings. The number of hydrogen-bond acceptors (Lipinski definition) is 4. The van der Waals surface area contributed by atoms with Gasteiger partial charge in [0.15, 0.2) is 9.84 Å². The Balaban J connectivity index is 2.44. The fraction of sp³-hybridized carbons (Fsp3) is 0.364. The van der Waals surface area contributed by atoms with E-state index in [1.54, 1.807) is 24.3 Å². The van der Waals surface area contributed by atoms with Crippen LogP contribution in [0.25, 0.3) is 0 Å². The summed E-state index contributed by atoms with van der Waals surface area (Å²) in [6.07, 6.45) is 0. The summed E-state index contributed by atoms with van der Waals surface area (Å²) in [7, 11) is -1.98. The molecule has 1 aromatic carbocycles. The zero-order chi connectivity index (χ0) is 13.6. The molecule has 0 atom stereocenters. The van der Waals surface area contributed by atoms with Crippen LogP contribution in [0.4, 0.5) is 5.69 Å². The monoisotopic (exact) mass is 290 g/mol. The zero-order valence-electron chi connectivity index (χ0n) is 9.94. The Labute approximate surface area is 111 Å². The van der Waals surface area contributed by atoms with Gasteiger partial charge < -0.3 is 10.6 Å². The first-order valence-corrected chi connectivity index (χ1v) is 7.53. The van der Waals surface area contributed by atoms with Gasteiger partial charge in [-0.05, 0) is 18.2 Å². The molecule has 0 aromatic heterocycles. The Morgan fingerprint density at radius 1 is 1.39 bits per heavy atom. The van der Waals surface area contributed by atoms with Gasteiger partial charge in [-0.3, -0.25) is 4.79 Å². The predicted octanol–water partition coefficient (Wildman–Crippen LogP) is 0.913. The molecule has 0 aliphatic rings. The summed E-state index contributed by atoms with van der Waals surface area (Å²) in [5.74, 6) is -1.09. The summed E-state index contributed by atoms with van der Waals surface area (Å²) in [6.45, 7) is 0.236. The number of benzene rings is 1. The number of sulfone groups is 1. The van der Waals surface area contributed by atoms with Crippen LogP contribution in [-0.4, -0.2) is 39.4 Å². The molecular weight excluding hydrogens is 276 g/mol. The molecule has 1 rings (SSSR count). The van der Waals surface area contributed by atoms with Crippen molar-refractivity contribution in [3.05, 3.63) is 29.3 Å². The van der Waals surface area contributed by atoms with Crippen LogP contribution in [0.3, 0.4) is 0 Å². The molecule has 0 aliphatic carbocycles. The maximum Gasteiger partial charge on any atom is 0.234 e. The van der Waals surface area contributed by atoms with Gasteiger partial charge in [0.25, 0.3) is 0 Å². The molecule has 2 N–H and O–H groups in total. The first-order chi connectivity index (χ1) is 8.43. The minimum Gasteiger partial charge on any atom is -0.384 e. The Morgan fingerprint density at radius 2 is 2.11 bits per heavy atom. The number of carbonyl (C=O) groups is 1. The Bertz CT molecular complexity index is 517. The number of carbonyl (C=O) groups excluding carboxylic acids is 1. The molecule has 1 amide bonds. The molecular formula is C11H15ClN2O3S. The highest BCUT2D eigenvalue weighted by atomic mass is 35.5. The number of halogens is 1. The zero-order valence-corrected chi connectivity index (χ0v) is 11.5. The number of rotatable bonds is 6. The number of amides is 1. The standard InChI is InChI=1S/C11H15ClN2O3S/c1-13-11(15)8-18(16,17)6-5-14-10-4-2-3-9(12)7-10/h2-4,7,14H,5-6,8H2,1H3,(H,13,15). The Morgan fingerprint density at radius 3 is 2.72 bits per heavy atom. The summed E-state index contributed by atoms with van der Waals surface area (Å²) in [4.78, 5) is 11.0. The third-order valence-corrected chi connectivity index (χ3v) is 3.96. The van der Waals surface area contributed by atoms with Gasteiger partial charge in [-0.2, -0.15) is 0 Å². The van der Waals surface area contributed by atoms with Crippen molar-refractivity contribution in [1.82, 2.24) is 5.32 Å².